The van der Waals surface area contributed by atoms with E-state index in [0.717, 1.165) is 0 Å². The molecule has 1 atom stereocenters. The molecule has 1 heterocycles. The Kier molecular flexibility index (Phi) is 5.27. The summed E-state index contributed by atoms with van der Waals surface area (Å²) in [6.45, 7) is 6.72. The Morgan fingerprint density at radius 1 is 1.29 bits per heavy atom. The number of nitrogens with one attached hydrogen (secondary N) is 1. The van der Waals surface area contributed by atoms with Gasteiger partial charge in [0.15, 0.2) is 0 Å². The number of nitrogens with zero attached hydrogens (tertiary/aromatic N) is 1. The van der Waals surface area contributed by atoms with Gasteiger partial charge in [-0.1, -0.05) is 12.1 Å². The second kappa shape index (κ2) is 6.88. The number of hydrogen-bond donors (Lipinski definition) is 1. The van der Waals surface area contributed by atoms with Gasteiger partial charge >= 0.3 is 12.5 Å². The fourth-order valence-corrected chi connectivity index (χ4v) is 2.46. The number of rotatable bonds is 2. The van der Waals surface area contributed by atoms with E-state index in [4.69, 9.17) is 4.74 Å². The van der Waals surface area contributed by atoms with Crippen molar-refractivity contribution in [2.75, 3.05) is 19.6 Å². The molecule has 0 saturated carbocycles. The fraction of sp³-hybridized carbons (Fsp3) is 0.562. The van der Waals surface area contributed by atoms with E-state index in [1.165, 1.54) is 23.1 Å². The van der Waals surface area contributed by atoms with Crippen molar-refractivity contribution >= 4 is 6.09 Å². The lowest BCUT2D eigenvalue weighted by Gasteiger charge is -2.37. The summed E-state index contributed by atoms with van der Waals surface area (Å²) in [5, 5.41) is 3.14. The Balaban J connectivity index is 2.21. The van der Waals surface area contributed by atoms with Gasteiger partial charge in [-0.2, -0.15) is 0 Å². The highest BCUT2D eigenvalue weighted by Crippen LogP contribution is 2.29. The zero-order valence-electron chi connectivity index (χ0n) is 13.8. The van der Waals surface area contributed by atoms with Crippen LogP contribution < -0.4 is 10.1 Å². The van der Waals surface area contributed by atoms with Crippen molar-refractivity contribution in [3.63, 3.8) is 0 Å². The van der Waals surface area contributed by atoms with Crippen molar-refractivity contribution in [3.8, 4) is 5.75 Å². The summed E-state index contributed by atoms with van der Waals surface area (Å²) >= 11 is 0. The average Bonchev–Trinajstić information content (AvgIpc) is 2.44. The zero-order valence-corrected chi connectivity index (χ0v) is 13.8. The van der Waals surface area contributed by atoms with E-state index in [-0.39, 0.29) is 5.75 Å². The van der Waals surface area contributed by atoms with E-state index in [1.54, 1.807) is 26.8 Å². The van der Waals surface area contributed by atoms with Crippen LogP contribution in [0.1, 0.15) is 32.4 Å². The summed E-state index contributed by atoms with van der Waals surface area (Å²) in [6.07, 6.45) is -5.25. The molecule has 0 unspecified atom stereocenters. The number of piperazine rings is 1. The molecule has 134 valence electrons. The van der Waals surface area contributed by atoms with Gasteiger partial charge in [-0.25, -0.2) is 4.79 Å². The lowest BCUT2D eigenvalue weighted by molar-refractivity contribution is -0.274. The largest absolute Gasteiger partial charge is 0.573 e. The quantitative estimate of drug-likeness (QED) is 0.891. The minimum Gasteiger partial charge on any atom is -0.444 e. The minimum atomic E-state index is -4.76. The van der Waals surface area contributed by atoms with Crippen molar-refractivity contribution in [2.24, 2.45) is 0 Å². The maximum Gasteiger partial charge on any atom is 0.573 e. The number of carbonyl (C=O) groups excluding carboxylic acids is 1. The van der Waals surface area contributed by atoms with Crippen molar-refractivity contribution in [1.29, 1.82) is 0 Å². The first-order chi connectivity index (χ1) is 11.1. The fourth-order valence-electron chi connectivity index (χ4n) is 2.46. The van der Waals surface area contributed by atoms with E-state index in [9.17, 15) is 18.0 Å². The molecule has 1 aliphatic rings. The maximum atomic E-state index is 12.4. The number of alkyl halides is 3. The Morgan fingerprint density at radius 2 is 2.00 bits per heavy atom. The Hall–Kier alpha value is -1.96. The summed E-state index contributed by atoms with van der Waals surface area (Å²) in [6, 6.07) is 5.23. The molecule has 1 aromatic rings. The highest BCUT2D eigenvalue weighted by atomic mass is 19.4. The highest BCUT2D eigenvalue weighted by molar-refractivity contribution is 5.69. The van der Waals surface area contributed by atoms with Gasteiger partial charge in [0.05, 0.1) is 6.04 Å². The van der Waals surface area contributed by atoms with Crippen LogP contribution in [0.3, 0.4) is 0 Å². The number of ether oxygens (including phenoxy) is 2. The van der Waals surface area contributed by atoms with Crippen LogP contribution in [0.5, 0.6) is 5.75 Å². The summed E-state index contributed by atoms with van der Waals surface area (Å²) in [5.74, 6) is -0.310. The number of carbonyl (C=O) groups is 1. The molecule has 1 amide bonds. The Morgan fingerprint density at radius 3 is 2.62 bits per heavy atom. The average molecular weight is 346 g/mol. The lowest BCUT2D eigenvalue weighted by atomic mass is 10.0. The number of halogens is 3. The smallest absolute Gasteiger partial charge is 0.444 e. The zero-order chi connectivity index (χ0) is 18.0. The molecule has 0 bridgehead atoms. The van der Waals surface area contributed by atoms with Crippen LogP contribution in [-0.4, -0.2) is 42.6 Å². The normalized spacial score (nSPS) is 19.1. The third-order valence-corrected chi connectivity index (χ3v) is 3.35. The second-order valence-corrected chi connectivity index (χ2v) is 6.51. The van der Waals surface area contributed by atoms with Gasteiger partial charge in [0.1, 0.15) is 11.4 Å². The number of amides is 1. The maximum absolute atomic E-state index is 12.4. The molecular weight excluding hydrogens is 325 g/mol. The SMILES string of the molecule is CC(C)(C)OC(=O)N1CCNC[C@H]1c1cccc(OC(F)(F)F)c1. The summed E-state index contributed by atoms with van der Waals surface area (Å²) in [4.78, 5) is 13.9. The van der Waals surface area contributed by atoms with Crippen LogP contribution in [0.15, 0.2) is 24.3 Å². The molecule has 24 heavy (non-hydrogen) atoms. The highest BCUT2D eigenvalue weighted by Gasteiger charge is 2.33. The Bertz CT molecular complexity index is 585. The molecule has 1 aliphatic heterocycles. The Labute approximate surface area is 138 Å². The van der Waals surface area contributed by atoms with Crippen LogP contribution in [0.2, 0.25) is 0 Å². The first-order valence-electron chi connectivity index (χ1n) is 7.61. The molecule has 1 aromatic carbocycles. The number of hydrogen-bond acceptors (Lipinski definition) is 4. The molecular formula is C16H21F3N2O3. The van der Waals surface area contributed by atoms with Crippen molar-refractivity contribution in [3.05, 3.63) is 29.8 Å². The molecule has 8 heteroatoms. The van der Waals surface area contributed by atoms with E-state index < -0.39 is 24.1 Å². The topological polar surface area (TPSA) is 50.8 Å². The monoisotopic (exact) mass is 346 g/mol. The molecule has 0 aliphatic carbocycles. The van der Waals surface area contributed by atoms with Gasteiger partial charge in [0, 0.05) is 19.6 Å². The second-order valence-electron chi connectivity index (χ2n) is 6.51. The third kappa shape index (κ3) is 5.30. The molecule has 5 nitrogen and oxygen atoms in total. The van der Waals surface area contributed by atoms with Crippen molar-refractivity contribution in [1.82, 2.24) is 10.2 Å². The molecule has 1 fully saturated rings. The molecule has 0 aromatic heterocycles. The van der Waals surface area contributed by atoms with Gasteiger partial charge in [0.2, 0.25) is 0 Å². The van der Waals surface area contributed by atoms with Crippen LogP contribution in [0.4, 0.5) is 18.0 Å². The van der Waals surface area contributed by atoms with Gasteiger partial charge in [-0.05, 0) is 38.5 Å². The molecule has 1 saturated heterocycles. The third-order valence-electron chi connectivity index (χ3n) is 3.35. The van der Waals surface area contributed by atoms with E-state index in [0.29, 0.717) is 25.2 Å². The van der Waals surface area contributed by atoms with Crippen LogP contribution >= 0.6 is 0 Å². The molecule has 0 radical (unpaired) electrons. The van der Waals surface area contributed by atoms with Crippen molar-refractivity contribution in [2.45, 2.75) is 38.8 Å². The van der Waals surface area contributed by atoms with Gasteiger partial charge in [0.25, 0.3) is 0 Å². The standard InChI is InChI=1S/C16H21F3N2O3/c1-15(2,3)24-14(22)21-8-7-20-10-13(21)11-5-4-6-12(9-11)23-16(17,18)19/h4-6,9,13,20H,7-8,10H2,1-3H3/t13-/m0/s1. The molecule has 1 N–H and O–H groups in total. The summed E-state index contributed by atoms with van der Waals surface area (Å²) < 4.78 is 46.5. The van der Waals surface area contributed by atoms with Crippen LogP contribution in [-0.2, 0) is 4.74 Å². The summed E-state index contributed by atoms with van der Waals surface area (Å²) in [5.41, 5.74) is -0.0943. The first-order valence-corrected chi connectivity index (χ1v) is 7.61. The predicted octanol–water partition coefficient (Wildman–Crippen LogP) is 3.47. The van der Waals surface area contributed by atoms with E-state index >= 15 is 0 Å². The van der Waals surface area contributed by atoms with E-state index in [1.807, 2.05) is 0 Å². The number of benzene rings is 1. The summed E-state index contributed by atoms with van der Waals surface area (Å²) in [7, 11) is 0. The van der Waals surface area contributed by atoms with Crippen LogP contribution in [0.25, 0.3) is 0 Å². The molecule has 0 spiro atoms. The van der Waals surface area contributed by atoms with Crippen molar-refractivity contribution < 1.29 is 27.4 Å². The van der Waals surface area contributed by atoms with Gasteiger partial charge in [-0.15, -0.1) is 13.2 Å². The van der Waals surface area contributed by atoms with E-state index in [2.05, 4.69) is 10.1 Å². The van der Waals surface area contributed by atoms with Crippen LogP contribution in [0, 0.1) is 0 Å². The minimum absolute atomic E-state index is 0.310. The van der Waals surface area contributed by atoms with Gasteiger partial charge < -0.3 is 14.8 Å². The predicted molar refractivity (Wildman–Crippen MR) is 81.7 cm³/mol. The van der Waals surface area contributed by atoms with Gasteiger partial charge in [-0.3, -0.25) is 4.90 Å². The first kappa shape index (κ1) is 18.4. The lowest BCUT2D eigenvalue weighted by Crippen LogP contribution is -2.50. The molecule has 2 rings (SSSR count).